The number of allylic oxidation sites excluding steroid dienone is 2. The van der Waals surface area contributed by atoms with Crippen LogP contribution in [0.25, 0.3) is 0 Å². The van der Waals surface area contributed by atoms with E-state index in [0.717, 1.165) is 22.7 Å². The number of Topliss-reactive ketones (excluding diaryl/α,β-unsaturated/α-hetero) is 1. The monoisotopic (exact) mass is 365 g/mol. The second-order valence-corrected chi connectivity index (χ2v) is 8.00. The summed E-state index contributed by atoms with van der Waals surface area (Å²) >= 11 is 0. The summed E-state index contributed by atoms with van der Waals surface area (Å²) in [5, 5.41) is 0. The van der Waals surface area contributed by atoms with E-state index in [1.54, 1.807) is 24.3 Å². The number of anilines is 1. The van der Waals surface area contributed by atoms with E-state index in [2.05, 4.69) is 13.8 Å². The molecule has 1 aromatic heterocycles. The number of nitrogens with zero attached hydrogens (tertiary/aromatic N) is 1. The molecule has 27 heavy (non-hydrogen) atoms. The van der Waals surface area contributed by atoms with Crippen LogP contribution >= 0.6 is 0 Å². The van der Waals surface area contributed by atoms with Crippen LogP contribution in [0.2, 0.25) is 0 Å². The standard InChI is InChI=1S/C22H23NO4/c1-22(2)12-17-21(18(24)13-22)16(19-5-4-10-27-19)11-20(25)23(17)14-6-8-15(26-3)9-7-14/h4-10,16H,11-13H2,1-3H3. The summed E-state index contributed by atoms with van der Waals surface area (Å²) in [4.78, 5) is 27.9. The van der Waals surface area contributed by atoms with Crippen molar-refractivity contribution in [3.63, 3.8) is 0 Å². The highest BCUT2D eigenvalue weighted by Crippen LogP contribution is 2.48. The molecular weight excluding hydrogens is 342 g/mol. The van der Waals surface area contributed by atoms with Gasteiger partial charge in [0.1, 0.15) is 11.5 Å². The number of methoxy groups -OCH3 is 1. The molecular formula is C22H23NO4. The third-order valence-corrected chi connectivity index (χ3v) is 5.36. The highest BCUT2D eigenvalue weighted by atomic mass is 16.5. The van der Waals surface area contributed by atoms with Crippen LogP contribution < -0.4 is 9.64 Å². The van der Waals surface area contributed by atoms with Gasteiger partial charge in [0.05, 0.1) is 19.3 Å². The fourth-order valence-electron chi connectivity index (χ4n) is 4.18. The SMILES string of the molecule is COc1ccc(N2C(=O)CC(c3ccco3)C3=C2CC(C)(C)CC3=O)cc1. The summed E-state index contributed by atoms with van der Waals surface area (Å²) in [5.74, 6) is 1.18. The Balaban J connectivity index is 1.86. The minimum Gasteiger partial charge on any atom is -0.497 e. The van der Waals surface area contributed by atoms with E-state index >= 15 is 0 Å². The average molecular weight is 365 g/mol. The van der Waals surface area contributed by atoms with Gasteiger partial charge < -0.3 is 9.15 Å². The minimum atomic E-state index is -0.305. The van der Waals surface area contributed by atoms with Gasteiger partial charge in [0.2, 0.25) is 5.91 Å². The first-order chi connectivity index (χ1) is 12.9. The van der Waals surface area contributed by atoms with E-state index in [1.165, 1.54) is 0 Å². The summed E-state index contributed by atoms with van der Waals surface area (Å²) in [7, 11) is 1.61. The van der Waals surface area contributed by atoms with E-state index in [1.807, 2.05) is 30.3 Å². The molecule has 4 rings (SSSR count). The molecule has 0 radical (unpaired) electrons. The summed E-state index contributed by atoms with van der Waals surface area (Å²) in [6.07, 6.45) is 2.97. The van der Waals surface area contributed by atoms with Gasteiger partial charge in [-0.3, -0.25) is 14.5 Å². The van der Waals surface area contributed by atoms with Gasteiger partial charge in [0.25, 0.3) is 0 Å². The maximum atomic E-state index is 13.1. The van der Waals surface area contributed by atoms with Crippen molar-refractivity contribution in [2.24, 2.45) is 5.41 Å². The van der Waals surface area contributed by atoms with Gasteiger partial charge in [-0.1, -0.05) is 13.8 Å². The lowest BCUT2D eigenvalue weighted by Crippen LogP contribution is -2.43. The third kappa shape index (κ3) is 3.07. The number of amides is 1. The van der Waals surface area contributed by atoms with Gasteiger partial charge in [0.15, 0.2) is 5.78 Å². The van der Waals surface area contributed by atoms with Crippen LogP contribution in [0.4, 0.5) is 5.69 Å². The first-order valence-corrected chi connectivity index (χ1v) is 9.16. The summed E-state index contributed by atoms with van der Waals surface area (Å²) in [6, 6.07) is 11.0. The zero-order chi connectivity index (χ0) is 19.2. The first-order valence-electron chi connectivity index (χ1n) is 9.16. The van der Waals surface area contributed by atoms with Gasteiger partial charge in [-0.05, 0) is 48.2 Å². The highest BCUT2D eigenvalue weighted by molar-refractivity contribution is 6.07. The molecule has 1 aliphatic carbocycles. The number of ketones is 1. The number of carbonyl (C=O) groups is 2. The Hall–Kier alpha value is -2.82. The number of benzene rings is 1. The Morgan fingerprint density at radius 3 is 2.48 bits per heavy atom. The Labute approximate surface area is 158 Å². The van der Waals surface area contributed by atoms with Crippen molar-refractivity contribution < 1.29 is 18.7 Å². The number of carbonyl (C=O) groups excluding carboxylic acids is 2. The molecule has 0 bridgehead atoms. The fourth-order valence-corrected chi connectivity index (χ4v) is 4.18. The fraction of sp³-hybridized carbons (Fsp3) is 0.364. The van der Waals surface area contributed by atoms with Crippen LogP contribution in [0.5, 0.6) is 5.75 Å². The average Bonchev–Trinajstić information content (AvgIpc) is 3.14. The van der Waals surface area contributed by atoms with Gasteiger partial charge in [0, 0.05) is 29.8 Å². The van der Waals surface area contributed by atoms with Crippen molar-refractivity contribution >= 4 is 17.4 Å². The van der Waals surface area contributed by atoms with Crippen LogP contribution in [0.3, 0.4) is 0 Å². The van der Waals surface area contributed by atoms with E-state index < -0.39 is 0 Å². The van der Waals surface area contributed by atoms with Crippen molar-refractivity contribution in [3.05, 3.63) is 59.7 Å². The van der Waals surface area contributed by atoms with Gasteiger partial charge in [-0.25, -0.2) is 0 Å². The van der Waals surface area contributed by atoms with Crippen molar-refractivity contribution in [2.45, 2.75) is 39.0 Å². The van der Waals surface area contributed by atoms with Gasteiger partial charge >= 0.3 is 0 Å². The quantitative estimate of drug-likeness (QED) is 0.806. The molecule has 0 saturated heterocycles. The normalized spacial score (nSPS) is 22.0. The molecule has 2 aliphatic rings. The van der Waals surface area contributed by atoms with E-state index in [-0.39, 0.29) is 29.4 Å². The molecule has 0 spiro atoms. The van der Waals surface area contributed by atoms with Crippen LogP contribution in [-0.4, -0.2) is 18.8 Å². The number of hydrogen-bond donors (Lipinski definition) is 0. The molecule has 1 amide bonds. The highest BCUT2D eigenvalue weighted by Gasteiger charge is 2.45. The van der Waals surface area contributed by atoms with Crippen molar-refractivity contribution in [3.8, 4) is 5.75 Å². The van der Waals surface area contributed by atoms with E-state index in [9.17, 15) is 9.59 Å². The zero-order valence-electron chi connectivity index (χ0n) is 15.8. The van der Waals surface area contributed by atoms with Crippen molar-refractivity contribution in [2.75, 3.05) is 12.0 Å². The summed E-state index contributed by atoms with van der Waals surface area (Å²) in [5.41, 5.74) is 2.10. The largest absolute Gasteiger partial charge is 0.497 e. The lowest BCUT2D eigenvalue weighted by Gasteiger charge is -2.42. The molecule has 2 heterocycles. The van der Waals surface area contributed by atoms with Gasteiger partial charge in [-0.15, -0.1) is 0 Å². The van der Waals surface area contributed by atoms with Crippen LogP contribution in [0, 0.1) is 5.41 Å². The smallest absolute Gasteiger partial charge is 0.232 e. The maximum absolute atomic E-state index is 13.1. The second-order valence-electron chi connectivity index (χ2n) is 8.00. The molecule has 5 heteroatoms. The zero-order valence-corrected chi connectivity index (χ0v) is 15.8. The number of rotatable bonds is 3. The molecule has 5 nitrogen and oxygen atoms in total. The van der Waals surface area contributed by atoms with Crippen LogP contribution in [0.1, 0.15) is 44.8 Å². The molecule has 2 aromatic rings. The molecule has 1 aliphatic heterocycles. The topological polar surface area (TPSA) is 59.8 Å². The van der Waals surface area contributed by atoms with Gasteiger partial charge in [-0.2, -0.15) is 0 Å². The molecule has 0 saturated carbocycles. The van der Waals surface area contributed by atoms with E-state index in [4.69, 9.17) is 9.15 Å². The predicted octanol–water partition coefficient (Wildman–Crippen LogP) is 4.45. The number of ether oxygens (including phenoxy) is 1. The summed E-state index contributed by atoms with van der Waals surface area (Å²) < 4.78 is 10.8. The minimum absolute atomic E-state index is 0.0224. The Bertz CT molecular complexity index is 906. The number of furan rings is 1. The van der Waals surface area contributed by atoms with Crippen LogP contribution in [0.15, 0.2) is 58.3 Å². The lowest BCUT2D eigenvalue weighted by atomic mass is 9.70. The molecule has 140 valence electrons. The predicted molar refractivity (Wildman–Crippen MR) is 102 cm³/mol. The lowest BCUT2D eigenvalue weighted by molar-refractivity contribution is -0.121. The Kier molecular flexibility index (Phi) is 4.17. The maximum Gasteiger partial charge on any atom is 0.232 e. The summed E-state index contributed by atoms with van der Waals surface area (Å²) in [6.45, 7) is 4.14. The molecule has 0 N–H and O–H groups in total. The second kappa shape index (κ2) is 6.41. The molecule has 1 atom stereocenters. The van der Waals surface area contributed by atoms with Crippen molar-refractivity contribution in [1.82, 2.24) is 0 Å². The number of hydrogen-bond acceptors (Lipinski definition) is 4. The van der Waals surface area contributed by atoms with Crippen molar-refractivity contribution in [1.29, 1.82) is 0 Å². The molecule has 1 aromatic carbocycles. The molecule has 1 unspecified atom stereocenters. The van der Waals surface area contributed by atoms with Crippen LogP contribution in [-0.2, 0) is 9.59 Å². The Morgan fingerprint density at radius 1 is 1.11 bits per heavy atom. The Morgan fingerprint density at radius 2 is 1.85 bits per heavy atom. The molecule has 0 fully saturated rings. The van der Waals surface area contributed by atoms with E-state index in [0.29, 0.717) is 18.6 Å². The first kappa shape index (κ1) is 17.6. The third-order valence-electron chi connectivity index (χ3n) is 5.36.